The van der Waals surface area contributed by atoms with E-state index in [1.165, 1.54) is 13.0 Å². The van der Waals surface area contributed by atoms with Crippen molar-refractivity contribution in [1.29, 1.82) is 0 Å². The van der Waals surface area contributed by atoms with Crippen molar-refractivity contribution < 1.29 is 14.7 Å². The van der Waals surface area contributed by atoms with Gasteiger partial charge < -0.3 is 15.7 Å². The zero-order valence-electron chi connectivity index (χ0n) is 8.78. The van der Waals surface area contributed by atoms with Crippen LogP contribution < -0.4 is 10.6 Å². The molecule has 0 bridgehead atoms. The van der Waals surface area contributed by atoms with Crippen LogP contribution >= 0.6 is 34.8 Å². The van der Waals surface area contributed by atoms with Crippen LogP contribution in [0.15, 0.2) is 18.2 Å². The van der Waals surface area contributed by atoms with E-state index < -0.39 is 5.97 Å². The topological polar surface area (TPSA) is 78.4 Å². The number of anilines is 1. The highest BCUT2D eigenvalue weighted by atomic mass is 127. The number of carbonyl (C=O) groups is 2. The Morgan fingerprint density at radius 3 is 2.59 bits per heavy atom. The monoisotopic (exact) mass is 364 g/mol. The van der Waals surface area contributed by atoms with Crippen molar-refractivity contribution in [3.8, 4) is 0 Å². The average Bonchev–Trinajstić information content (AvgIpc) is 2.19. The van der Waals surface area contributed by atoms with Gasteiger partial charge in [-0.25, -0.2) is 4.79 Å². The Morgan fingerprint density at radius 1 is 1.41 bits per heavy atom. The van der Waals surface area contributed by atoms with Crippen LogP contribution in [0.1, 0.15) is 17.3 Å². The molecule has 0 saturated carbocycles. The molecular formula is C10H9IN2O3S. The number of halogens is 1. The summed E-state index contributed by atoms with van der Waals surface area (Å²) in [5.41, 5.74) is 0.446. The molecule has 0 aliphatic rings. The number of nitrogens with one attached hydrogen (secondary N) is 2. The van der Waals surface area contributed by atoms with E-state index in [1.54, 1.807) is 12.1 Å². The van der Waals surface area contributed by atoms with Crippen LogP contribution in [0.3, 0.4) is 0 Å². The van der Waals surface area contributed by atoms with E-state index in [0.717, 1.165) is 3.57 Å². The summed E-state index contributed by atoms with van der Waals surface area (Å²) in [6, 6.07) is 4.85. The van der Waals surface area contributed by atoms with Crippen molar-refractivity contribution in [1.82, 2.24) is 5.32 Å². The number of carbonyl (C=O) groups excluding carboxylic acids is 1. The molecule has 90 valence electrons. The molecule has 1 amide bonds. The minimum atomic E-state index is -1.06. The molecule has 7 heteroatoms. The lowest BCUT2D eigenvalue weighted by atomic mass is 10.2. The fourth-order valence-corrected chi connectivity index (χ4v) is 1.86. The van der Waals surface area contributed by atoms with Crippen LogP contribution in [-0.2, 0) is 4.79 Å². The fourth-order valence-electron chi connectivity index (χ4n) is 1.12. The Morgan fingerprint density at radius 2 is 2.06 bits per heavy atom. The highest BCUT2D eigenvalue weighted by molar-refractivity contribution is 14.1. The van der Waals surface area contributed by atoms with Gasteiger partial charge in [-0.3, -0.25) is 4.79 Å². The molecule has 0 aliphatic heterocycles. The summed E-state index contributed by atoms with van der Waals surface area (Å²) in [5.74, 6) is -1.37. The molecule has 0 spiro atoms. The Bertz CT molecular complexity index is 490. The molecule has 17 heavy (non-hydrogen) atoms. The van der Waals surface area contributed by atoms with Crippen molar-refractivity contribution in [2.24, 2.45) is 0 Å². The smallest absolute Gasteiger partial charge is 0.337 e. The summed E-state index contributed by atoms with van der Waals surface area (Å²) >= 11 is 6.87. The van der Waals surface area contributed by atoms with Gasteiger partial charge in [0.15, 0.2) is 5.11 Å². The number of hydrogen-bond donors (Lipinski definition) is 3. The van der Waals surface area contributed by atoms with Crippen LogP contribution in [-0.4, -0.2) is 22.1 Å². The summed E-state index contributed by atoms with van der Waals surface area (Å²) in [4.78, 5) is 21.8. The third kappa shape index (κ3) is 4.27. The molecule has 0 saturated heterocycles. The Balaban J connectivity index is 2.94. The number of benzene rings is 1. The molecule has 0 unspecified atom stereocenters. The third-order valence-electron chi connectivity index (χ3n) is 1.75. The second-order valence-corrected chi connectivity index (χ2v) is 4.78. The molecule has 0 radical (unpaired) electrons. The van der Waals surface area contributed by atoms with E-state index in [0.29, 0.717) is 5.69 Å². The molecule has 0 fully saturated rings. The van der Waals surface area contributed by atoms with Crippen molar-refractivity contribution in [2.75, 3.05) is 5.32 Å². The predicted molar refractivity (Wildman–Crippen MR) is 76.2 cm³/mol. The maximum atomic E-state index is 11.0. The maximum absolute atomic E-state index is 11.0. The Kier molecular flexibility index (Phi) is 4.82. The summed E-state index contributed by atoms with van der Waals surface area (Å²) < 4.78 is 0.802. The number of aromatic carboxylic acids is 1. The molecule has 3 N–H and O–H groups in total. The highest BCUT2D eigenvalue weighted by Crippen LogP contribution is 2.18. The molecule has 0 aromatic heterocycles. The maximum Gasteiger partial charge on any atom is 0.337 e. The lowest BCUT2D eigenvalue weighted by molar-refractivity contribution is -0.117. The minimum Gasteiger partial charge on any atom is -0.478 e. The second kappa shape index (κ2) is 5.92. The molecule has 0 atom stereocenters. The van der Waals surface area contributed by atoms with Gasteiger partial charge in [0.2, 0.25) is 5.91 Å². The van der Waals surface area contributed by atoms with Gasteiger partial charge in [0.1, 0.15) is 0 Å². The largest absolute Gasteiger partial charge is 0.478 e. The van der Waals surface area contributed by atoms with E-state index >= 15 is 0 Å². The minimum absolute atomic E-state index is 0.0706. The van der Waals surface area contributed by atoms with Crippen LogP contribution in [0.5, 0.6) is 0 Å². The first kappa shape index (κ1) is 13.8. The van der Waals surface area contributed by atoms with Crippen LogP contribution in [0.4, 0.5) is 5.69 Å². The summed E-state index contributed by atoms with van der Waals surface area (Å²) in [5, 5.41) is 14.1. The van der Waals surface area contributed by atoms with E-state index in [-0.39, 0.29) is 16.6 Å². The predicted octanol–water partition coefficient (Wildman–Crippen LogP) is 1.82. The Hall–Kier alpha value is -1.22. The van der Waals surface area contributed by atoms with Gasteiger partial charge in [0, 0.05) is 10.5 Å². The van der Waals surface area contributed by atoms with Gasteiger partial charge >= 0.3 is 5.97 Å². The number of carboxylic acids is 1. The van der Waals surface area contributed by atoms with Gasteiger partial charge in [-0.2, -0.15) is 0 Å². The molecule has 5 nitrogen and oxygen atoms in total. The molecule has 1 aromatic carbocycles. The van der Waals surface area contributed by atoms with Gasteiger partial charge in [0.25, 0.3) is 0 Å². The number of carboxylic acid groups (broad SMARTS) is 1. The zero-order chi connectivity index (χ0) is 13.0. The van der Waals surface area contributed by atoms with Crippen LogP contribution in [0, 0.1) is 3.57 Å². The third-order valence-corrected chi connectivity index (χ3v) is 2.62. The van der Waals surface area contributed by atoms with Crippen molar-refractivity contribution >= 4 is 57.5 Å². The average molecular weight is 364 g/mol. The lowest BCUT2D eigenvalue weighted by Crippen LogP contribution is -2.32. The SMILES string of the molecule is CC(=O)NC(=S)Nc1ccc(I)cc1C(=O)O. The molecule has 0 aliphatic carbocycles. The summed E-state index contributed by atoms with van der Waals surface area (Å²) in [6.45, 7) is 1.32. The van der Waals surface area contributed by atoms with Gasteiger partial charge in [-0.15, -0.1) is 0 Å². The molecule has 1 rings (SSSR count). The Labute approximate surface area is 117 Å². The number of rotatable bonds is 2. The molecule has 1 aromatic rings. The van der Waals surface area contributed by atoms with E-state index in [4.69, 9.17) is 17.3 Å². The van der Waals surface area contributed by atoms with E-state index in [2.05, 4.69) is 10.6 Å². The summed E-state index contributed by atoms with van der Waals surface area (Å²) in [6.07, 6.45) is 0. The van der Waals surface area contributed by atoms with E-state index in [1.807, 2.05) is 22.6 Å². The van der Waals surface area contributed by atoms with Gasteiger partial charge in [0.05, 0.1) is 11.3 Å². The van der Waals surface area contributed by atoms with Crippen molar-refractivity contribution in [2.45, 2.75) is 6.92 Å². The lowest BCUT2D eigenvalue weighted by Gasteiger charge is -2.10. The number of amides is 1. The van der Waals surface area contributed by atoms with Crippen LogP contribution in [0.25, 0.3) is 0 Å². The van der Waals surface area contributed by atoms with Crippen LogP contribution in [0.2, 0.25) is 0 Å². The number of hydrogen-bond acceptors (Lipinski definition) is 3. The van der Waals surface area contributed by atoms with Crippen molar-refractivity contribution in [3.05, 3.63) is 27.3 Å². The van der Waals surface area contributed by atoms with Gasteiger partial charge in [-0.05, 0) is 53.0 Å². The molecular weight excluding hydrogens is 355 g/mol. The standard InChI is InChI=1S/C10H9IN2O3S/c1-5(14)12-10(17)13-8-3-2-6(11)4-7(8)9(15)16/h2-4H,1H3,(H,15,16)(H2,12,13,14,17). The fraction of sp³-hybridized carbons (Fsp3) is 0.100. The zero-order valence-corrected chi connectivity index (χ0v) is 11.8. The van der Waals surface area contributed by atoms with E-state index in [9.17, 15) is 9.59 Å². The summed E-state index contributed by atoms with van der Waals surface area (Å²) in [7, 11) is 0. The first-order valence-corrected chi connectivity index (χ1v) is 6.00. The van der Waals surface area contributed by atoms with Gasteiger partial charge in [-0.1, -0.05) is 0 Å². The second-order valence-electron chi connectivity index (χ2n) is 3.13. The number of thiocarbonyl (C=S) groups is 1. The molecule has 0 heterocycles. The first-order chi connectivity index (χ1) is 7.90. The highest BCUT2D eigenvalue weighted by Gasteiger charge is 2.11. The normalized spacial score (nSPS) is 9.53. The quantitative estimate of drug-likeness (QED) is 0.551. The van der Waals surface area contributed by atoms with Crippen molar-refractivity contribution in [3.63, 3.8) is 0 Å². The first-order valence-electron chi connectivity index (χ1n) is 4.51.